The summed E-state index contributed by atoms with van der Waals surface area (Å²) in [4.78, 5) is 23.8. The maximum atomic E-state index is 12.2. The van der Waals surface area contributed by atoms with Crippen LogP contribution in [0.25, 0.3) is 0 Å². The molecule has 1 unspecified atom stereocenters. The molecule has 0 aliphatic carbocycles. The van der Waals surface area contributed by atoms with Crippen molar-refractivity contribution >= 4 is 29.2 Å². The second kappa shape index (κ2) is 8.23. The number of fused-ring (bicyclic) bond motifs is 1. The molecule has 2 atom stereocenters. The number of rotatable bonds is 7. The van der Waals surface area contributed by atoms with Crippen LogP contribution in [0.4, 0.5) is 5.69 Å². The minimum atomic E-state index is -1.01. The molecule has 1 amide bonds. The standard InChI is InChI=1S/C20H21ClN2O3/c21-16-7-3-1-5-13(16)9-10-19(24)23-18(20(25)26)11-14-12-22-17-8-4-2-6-15(14)17/h1-8,14,18,22H,9-12H2,(H,23,24)(H,25,26)/t14?,18-/m1/s1. The molecule has 26 heavy (non-hydrogen) atoms. The number of carbonyl (C=O) groups is 2. The largest absolute Gasteiger partial charge is 0.480 e. The molecule has 0 radical (unpaired) electrons. The molecular weight excluding hydrogens is 352 g/mol. The number of hydrogen-bond donors (Lipinski definition) is 3. The number of carbonyl (C=O) groups excluding carboxylic acids is 1. The lowest BCUT2D eigenvalue weighted by atomic mass is 9.94. The number of anilines is 1. The summed E-state index contributed by atoms with van der Waals surface area (Å²) < 4.78 is 0. The fraction of sp³-hybridized carbons (Fsp3) is 0.300. The average molecular weight is 373 g/mol. The van der Waals surface area contributed by atoms with Crippen molar-refractivity contribution in [3.8, 4) is 0 Å². The first-order valence-corrected chi connectivity index (χ1v) is 9.00. The van der Waals surface area contributed by atoms with Crippen molar-refractivity contribution in [1.29, 1.82) is 0 Å². The van der Waals surface area contributed by atoms with Gasteiger partial charge < -0.3 is 15.7 Å². The van der Waals surface area contributed by atoms with Crippen LogP contribution in [0.15, 0.2) is 48.5 Å². The summed E-state index contributed by atoms with van der Waals surface area (Å²) in [5.74, 6) is -1.23. The zero-order valence-electron chi connectivity index (χ0n) is 14.2. The molecule has 6 heteroatoms. The molecule has 0 saturated carbocycles. The first kappa shape index (κ1) is 18.3. The number of halogens is 1. The maximum Gasteiger partial charge on any atom is 0.326 e. The zero-order chi connectivity index (χ0) is 18.5. The Kier molecular flexibility index (Phi) is 5.78. The summed E-state index contributed by atoms with van der Waals surface area (Å²) >= 11 is 6.09. The molecule has 1 heterocycles. The molecule has 2 aromatic carbocycles. The van der Waals surface area contributed by atoms with Gasteiger partial charge in [0.2, 0.25) is 5.91 Å². The van der Waals surface area contributed by atoms with Crippen molar-refractivity contribution in [2.45, 2.75) is 31.2 Å². The second-order valence-electron chi connectivity index (χ2n) is 6.45. The molecule has 136 valence electrons. The molecule has 3 N–H and O–H groups in total. The van der Waals surface area contributed by atoms with Gasteiger partial charge in [-0.1, -0.05) is 48.0 Å². The number of nitrogens with one attached hydrogen (secondary N) is 2. The number of hydrogen-bond acceptors (Lipinski definition) is 3. The Morgan fingerprint density at radius 1 is 1.19 bits per heavy atom. The number of aliphatic carboxylic acids is 1. The van der Waals surface area contributed by atoms with Gasteiger partial charge in [0, 0.05) is 29.6 Å². The van der Waals surface area contributed by atoms with Crippen LogP contribution < -0.4 is 10.6 Å². The third-order valence-electron chi connectivity index (χ3n) is 4.67. The van der Waals surface area contributed by atoms with Gasteiger partial charge >= 0.3 is 5.97 Å². The summed E-state index contributed by atoms with van der Waals surface area (Å²) in [6.07, 6.45) is 1.04. The van der Waals surface area contributed by atoms with Crippen LogP contribution in [-0.2, 0) is 16.0 Å². The fourth-order valence-corrected chi connectivity index (χ4v) is 3.52. The van der Waals surface area contributed by atoms with E-state index >= 15 is 0 Å². The first-order valence-electron chi connectivity index (χ1n) is 8.63. The van der Waals surface area contributed by atoms with E-state index in [-0.39, 0.29) is 18.2 Å². The molecule has 0 spiro atoms. The summed E-state index contributed by atoms with van der Waals surface area (Å²) in [6, 6.07) is 14.3. The number of benzene rings is 2. The highest BCUT2D eigenvalue weighted by Crippen LogP contribution is 2.34. The Bertz CT molecular complexity index is 809. The van der Waals surface area contributed by atoms with Crippen molar-refractivity contribution in [3.63, 3.8) is 0 Å². The normalized spacial score (nSPS) is 16.4. The summed E-state index contributed by atoms with van der Waals surface area (Å²) in [6.45, 7) is 0.679. The predicted molar refractivity (Wildman–Crippen MR) is 102 cm³/mol. The minimum absolute atomic E-state index is 0.0659. The quantitative estimate of drug-likeness (QED) is 0.695. The number of aryl methyl sites for hydroxylation is 1. The maximum absolute atomic E-state index is 12.2. The minimum Gasteiger partial charge on any atom is -0.480 e. The van der Waals surface area contributed by atoms with E-state index in [1.54, 1.807) is 6.07 Å². The molecule has 0 aromatic heterocycles. The predicted octanol–water partition coefficient (Wildman–Crippen LogP) is 3.44. The van der Waals surface area contributed by atoms with Gasteiger partial charge in [-0.25, -0.2) is 4.79 Å². The van der Waals surface area contributed by atoms with Crippen molar-refractivity contribution in [1.82, 2.24) is 5.32 Å². The van der Waals surface area contributed by atoms with Crippen LogP contribution in [0.2, 0.25) is 5.02 Å². The van der Waals surface area contributed by atoms with Gasteiger partial charge in [-0.2, -0.15) is 0 Å². The topological polar surface area (TPSA) is 78.4 Å². The van der Waals surface area contributed by atoms with E-state index in [2.05, 4.69) is 10.6 Å². The molecule has 0 fully saturated rings. The number of carboxylic acids is 1. The van der Waals surface area contributed by atoms with E-state index in [0.717, 1.165) is 16.8 Å². The van der Waals surface area contributed by atoms with Crippen LogP contribution >= 0.6 is 11.6 Å². The highest BCUT2D eigenvalue weighted by atomic mass is 35.5. The molecule has 3 rings (SSSR count). The van der Waals surface area contributed by atoms with Gasteiger partial charge in [-0.05, 0) is 36.1 Å². The fourth-order valence-electron chi connectivity index (χ4n) is 3.29. The van der Waals surface area contributed by atoms with Gasteiger partial charge in [0.25, 0.3) is 0 Å². The summed E-state index contributed by atoms with van der Waals surface area (Å²) in [5.41, 5.74) is 3.01. The van der Waals surface area contributed by atoms with Crippen molar-refractivity contribution in [2.75, 3.05) is 11.9 Å². The number of amides is 1. The molecule has 5 nitrogen and oxygen atoms in total. The molecule has 0 bridgehead atoms. The zero-order valence-corrected chi connectivity index (χ0v) is 15.0. The van der Waals surface area contributed by atoms with Gasteiger partial charge in [0.15, 0.2) is 0 Å². The third-order valence-corrected chi connectivity index (χ3v) is 5.04. The Morgan fingerprint density at radius 2 is 1.92 bits per heavy atom. The molecule has 1 aliphatic rings. The van der Waals surface area contributed by atoms with Gasteiger partial charge in [-0.3, -0.25) is 4.79 Å². The van der Waals surface area contributed by atoms with Gasteiger partial charge in [-0.15, -0.1) is 0 Å². The Hall–Kier alpha value is -2.53. The van der Waals surface area contributed by atoms with E-state index in [0.29, 0.717) is 24.4 Å². The molecule has 1 aliphatic heterocycles. The number of para-hydroxylation sites is 1. The lowest BCUT2D eigenvalue weighted by Gasteiger charge is -2.18. The number of carboxylic acid groups (broad SMARTS) is 1. The van der Waals surface area contributed by atoms with Gasteiger partial charge in [0.1, 0.15) is 6.04 Å². The molecule has 2 aromatic rings. The first-order chi connectivity index (χ1) is 12.5. The van der Waals surface area contributed by atoms with E-state index in [9.17, 15) is 14.7 Å². The third kappa shape index (κ3) is 4.35. The summed E-state index contributed by atoms with van der Waals surface area (Å²) in [5, 5.41) is 16.1. The van der Waals surface area contributed by atoms with E-state index < -0.39 is 12.0 Å². The van der Waals surface area contributed by atoms with Crippen LogP contribution in [0.5, 0.6) is 0 Å². The van der Waals surface area contributed by atoms with E-state index in [4.69, 9.17) is 11.6 Å². The lowest BCUT2D eigenvalue weighted by molar-refractivity contribution is -0.142. The highest BCUT2D eigenvalue weighted by Gasteiger charge is 2.29. The lowest BCUT2D eigenvalue weighted by Crippen LogP contribution is -2.42. The van der Waals surface area contributed by atoms with Gasteiger partial charge in [0.05, 0.1) is 0 Å². The summed E-state index contributed by atoms with van der Waals surface area (Å²) in [7, 11) is 0. The highest BCUT2D eigenvalue weighted by molar-refractivity contribution is 6.31. The van der Waals surface area contributed by atoms with Crippen LogP contribution in [-0.4, -0.2) is 29.6 Å². The Labute approximate surface area is 157 Å². The Morgan fingerprint density at radius 3 is 2.69 bits per heavy atom. The van der Waals surface area contributed by atoms with Crippen molar-refractivity contribution < 1.29 is 14.7 Å². The van der Waals surface area contributed by atoms with Crippen molar-refractivity contribution in [2.24, 2.45) is 0 Å². The average Bonchev–Trinajstić information content (AvgIpc) is 3.03. The van der Waals surface area contributed by atoms with Crippen LogP contribution in [0, 0.1) is 0 Å². The van der Waals surface area contributed by atoms with E-state index in [1.807, 2.05) is 42.5 Å². The second-order valence-corrected chi connectivity index (χ2v) is 6.86. The van der Waals surface area contributed by atoms with Crippen LogP contribution in [0.1, 0.15) is 29.9 Å². The van der Waals surface area contributed by atoms with E-state index in [1.165, 1.54) is 0 Å². The van der Waals surface area contributed by atoms with Crippen molar-refractivity contribution in [3.05, 3.63) is 64.7 Å². The monoisotopic (exact) mass is 372 g/mol. The SMILES string of the molecule is O=C(CCc1ccccc1Cl)N[C@H](CC1CNc2ccccc21)C(=O)O. The van der Waals surface area contributed by atoms with Crippen LogP contribution in [0.3, 0.4) is 0 Å². The Balaban J connectivity index is 1.58. The smallest absolute Gasteiger partial charge is 0.326 e. The molecule has 0 saturated heterocycles. The molecular formula is C20H21ClN2O3.